The fourth-order valence-corrected chi connectivity index (χ4v) is 3.25. The molecule has 92 valence electrons. The lowest BCUT2D eigenvalue weighted by atomic mass is 9.91. The van der Waals surface area contributed by atoms with Crippen molar-refractivity contribution in [2.75, 3.05) is 6.73 Å². The van der Waals surface area contributed by atoms with Crippen LogP contribution in [0.15, 0.2) is 30.3 Å². The van der Waals surface area contributed by atoms with Crippen LogP contribution in [0.4, 0.5) is 0 Å². The van der Waals surface area contributed by atoms with Gasteiger partial charge < -0.3 is 4.74 Å². The zero-order valence-electron chi connectivity index (χ0n) is 10.5. The first-order valence-corrected chi connectivity index (χ1v) is 6.78. The maximum absolute atomic E-state index is 5.94. The summed E-state index contributed by atoms with van der Waals surface area (Å²) in [6.07, 6.45) is 5.76. The van der Waals surface area contributed by atoms with E-state index in [9.17, 15) is 0 Å². The molecule has 1 aliphatic heterocycles. The van der Waals surface area contributed by atoms with E-state index in [-0.39, 0.29) is 0 Å². The Hall–Kier alpha value is -0.860. The van der Waals surface area contributed by atoms with Gasteiger partial charge in [0.2, 0.25) is 0 Å². The van der Waals surface area contributed by atoms with E-state index in [2.05, 4.69) is 42.2 Å². The quantitative estimate of drug-likeness (QED) is 0.774. The van der Waals surface area contributed by atoms with Crippen molar-refractivity contribution in [2.45, 2.75) is 50.8 Å². The Morgan fingerprint density at radius 1 is 1.18 bits per heavy atom. The predicted molar refractivity (Wildman–Crippen MR) is 68.7 cm³/mol. The van der Waals surface area contributed by atoms with E-state index in [4.69, 9.17) is 4.74 Å². The van der Waals surface area contributed by atoms with Gasteiger partial charge in [-0.05, 0) is 25.3 Å². The van der Waals surface area contributed by atoms with Gasteiger partial charge in [0.25, 0.3) is 0 Å². The summed E-state index contributed by atoms with van der Waals surface area (Å²) in [6, 6.07) is 11.9. The van der Waals surface area contributed by atoms with Crippen LogP contribution in [0, 0.1) is 0 Å². The van der Waals surface area contributed by atoms with Crippen molar-refractivity contribution in [1.29, 1.82) is 0 Å². The minimum absolute atomic E-state index is 0.476. The largest absolute Gasteiger partial charge is 0.361 e. The van der Waals surface area contributed by atoms with E-state index >= 15 is 0 Å². The van der Waals surface area contributed by atoms with Gasteiger partial charge in [0, 0.05) is 12.1 Å². The Morgan fingerprint density at radius 3 is 2.76 bits per heavy atom. The molecule has 0 spiro atoms. The van der Waals surface area contributed by atoms with Gasteiger partial charge in [-0.15, -0.1) is 0 Å². The van der Waals surface area contributed by atoms with E-state index in [0.29, 0.717) is 18.2 Å². The first-order valence-electron chi connectivity index (χ1n) is 6.78. The van der Waals surface area contributed by atoms with Crippen molar-refractivity contribution >= 4 is 0 Å². The van der Waals surface area contributed by atoms with Crippen LogP contribution in [0.5, 0.6) is 0 Å². The highest BCUT2D eigenvalue weighted by atomic mass is 16.5. The van der Waals surface area contributed by atoms with Crippen molar-refractivity contribution in [1.82, 2.24) is 4.90 Å². The maximum Gasteiger partial charge on any atom is 0.100 e. The third kappa shape index (κ3) is 2.12. The van der Waals surface area contributed by atoms with Crippen LogP contribution in [0.25, 0.3) is 0 Å². The third-order valence-electron chi connectivity index (χ3n) is 4.31. The van der Waals surface area contributed by atoms with Gasteiger partial charge in [-0.3, -0.25) is 4.90 Å². The van der Waals surface area contributed by atoms with E-state index in [1.807, 2.05) is 0 Å². The van der Waals surface area contributed by atoms with Gasteiger partial charge in [-0.1, -0.05) is 43.2 Å². The zero-order valence-corrected chi connectivity index (χ0v) is 10.5. The van der Waals surface area contributed by atoms with Gasteiger partial charge in [-0.2, -0.15) is 0 Å². The molecule has 1 saturated carbocycles. The summed E-state index contributed by atoms with van der Waals surface area (Å²) in [7, 11) is 0. The second-order valence-electron chi connectivity index (χ2n) is 5.29. The number of hydrogen-bond acceptors (Lipinski definition) is 2. The monoisotopic (exact) mass is 231 g/mol. The Balaban J connectivity index is 1.76. The highest BCUT2D eigenvalue weighted by Crippen LogP contribution is 2.35. The molecule has 2 aliphatic rings. The van der Waals surface area contributed by atoms with Crippen LogP contribution < -0.4 is 0 Å². The summed E-state index contributed by atoms with van der Waals surface area (Å²) < 4.78 is 5.94. The fourth-order valence-electron chi connectivity index (χ4n) is 3.25. The van der Waals surface area contributed by atoms with Gasteiger partial charge in [0.1, 0.15) is 6.73 Å². The molecule has 3 rings (SSSR count). The second kappa shape index (κ2) is 4.79. The highest BCUT2D eigenvalue weighted by Gasteiger charge is 2.38. The predicted octanol–water partition coefficient (Wildman–Crippen LogP) is 3.35. The van der Waals surface area contributed by atoms with Crippen molar-refractivity contribution in [3.63, 3.8) is 0 Å². The van der Waals surface area contributed by atoms with Gasteiger partial charge in [-0.25, -0.2) is 0 Å². The van der Waals surface area contributed by atoms with E-state index < -0.39 is 0 Å². The fraction of sp³-hybridized carbons (Fsp3) is 0.600. The molecule has 2 heteroatoms. The molecule has 3 atom stereocenters. The molecule has 0 bridgehead atoms. The first kappa shape index (κ1) is 11.2. The average molecular weight is 231 g/mol. The van der Waals surface area contributed by atoms with E-state index in [0.717, 1.165) is 6.73 Å². The average Bonchev–Trinajstić information content (AvgIpc) is 2.83. The van der Waals surface area contributed by atoms with Crippen molar-refractivity contribution < 1.29 is 4.74 Å². The minimum atomic E-state index is 0.476. The van der Waals surface area contributed by atoms with Gasteiger partial charge in [0.15, 0.2) is 0 Å². The van der Waals surface area contributed by atoms with Crippen molar-refractivity contribution in [3.8, 4) is 0 Å². The Labute approximate surface area is 104 Å². The lowest BCUT2D eigenvalue weighted by Crippen LogP contribution is -2.38. The molecule has 17 heavy (non-hydrogen) atoms. The van der Waals surface area contributed by atoms with Crippen LogP contribution in [-0.2, 0) is 4.74 Å². The molecule has 1 aromatic carbocycles. The van der Waals surface area contributed by atoms with Crippen LogP contribution in [0.1, 0.15) is 44.2 Å². The molecule has 1 aliphatic carbocycles. The lowest BCUT2D eigenvalue weighted by molar-refractivity contribution is 0.0724. The summed E-state index contributed by atoms with van der Waals surface area (Å²) in [6.45, 7) is 3.11. The first-order chi connectivity index (χ1) is 8.36. The topological polar surface area (TPSA) is 12.5 Å². The molecule has 0 amide bonds. The molecule has 0 radical (unpaired) electrons. The van der Waals surface area contributed by atoms with E-state index in [1.54, 1.807) is 0 Å². The molecular weight excluding hydrogens is 210 g/mol. The number of fused-ring (bicyclic) bond motifs is 1. The molecule has 0 aromatic heterocycles. The number of ether oxygens (including phenoxy) is 1. The third-order valence-corrected chi connectivity index (χ3v) is 4.31. The summed E-state index contributed by atoms with van der Waals surface area (Å²) in [5, 5.41) is 0. The summed E-state index contributed by atoms with van der Waals surface area (Å²) in [5.41, 5.74) is 1.40. The summed E-state index contributed by atoms with van der Waals surface area (Å²) >= 11 is 0. The normalized spacial score (nSPS) is 31.1. The number of benzene rings is 1. The van der Waals surface area contributed by atoms with Gasteiger partial charge in [0.05, 0.1) is 6.10 Å². The van der Waals surface area contributed by atoms with Crippen LogP contribution in [0.3, 0.4) is 0 Å². The van der Waals surface area contributed by atoms with Crippen LogP contribution in [-0.4, -0.2) is 23.8 Å². The highest BCUT2D eigenvalue weighted by molar-refractivity contribution is 5.19. The molecule has 0 N–H and O–H groups in total. The Bertz CT molecular complexity index is 364. The molecule has 2 nitrogen and oxygen atoms in total. The standard InChI is InChI=1S/C15H21NO/c1-12(13-7-3-2-4-8-13)16-11-17-15-10-6-5-9-14(15)16/h2-4,7-8,12,14-15H,5-6,9-11H2,1H3/t12-,14-,15-/m0/s1. The number of rotatable bonds is 2. The summed E-state index contributed by atoms with van der Waals surface area (Å²) in [4.78, 5) is 2.54. The molecule has 0 unspecified atom stereocenters. The summed E-state index contributed by atoms with van der Waals surface area (Å²) in [5.74, 6) is 0. The second-order valence-corrected chi connectivity index (χ2v) is 5.29. The van der Waals surface area contributed by atoms with Crippen molar-refractivity contribution in [3.05, 3.63) is 35.9 Å². The smallest absolute Gasteiger partial charge is 0.100 e. The van der Waals surface area contributed by atoms with Crippen LogP contribution >= 0.6 is 0 Å². The molecule has 1 saturated heterocycles. The van der Waals surface area contributed by atoms with Gasteiger partial charge >= 0.3 is 0 Å². The van der Waals surface area contributed by atoms with Crippen LogP contribution in [0.2, 0.25) is 0 Å². The Morgan fingerprint density at radius 2 is 1.94 bits per heavy atom. The SMILES string of the molecule is C[C@@H](c1ccccc1)N1CO[C@H]2CCCC[C@@H]21. The molecule has 1 aromatic rings. The molecule has 2 fully saturated rings. The maximum atomic E-state index is 5.94. The Kier molecular flexibility index (Phi) is 3.17. The van der Waals surface area contributed by atoms with Crippen molar-refractivity contribution in [2.24, 2.45) is 0 Å². The lowest BCUT2D eigenvalue weighted by Gasteiger charge is -2.33. The van der Waals surface area contributed by atoms with E-state index in [1.165, 1.54) is 31.2 Å². The number of hydrogen-bond donors (Lipinski definition) is 0. The number of nitrogens with zero attached hydrogens (tertiary/aromatic N) is 1. The zero-order chi connectivity index (χ0) is 11.7. The molecule has 1 heterocycles. The minimum Gasteiger partial charge on any atom is -0.361 e. The molecular formula is C15H21NO.